The van der Waals surface area contributed by atoms with Crippen LogP contribution in [0.5, 0.6) is 11.5 Å². The van der Waals surface area contributed by atoms with Gasteiger partial charge in [-0.3, -0.25) is 4.79 Å². The molecule has 2 aliphatic rings. The van der Waals surface area contributed by atoms with Gasteiger partial charge >= 0.3 is 0 Å². The number of benzene rings is 1. The van der Waals surface area contributed by atoms with Crippen molar-refractivity contribution in [1.29, 1.82) is 0 Å². The molecule has 2 aliphatic heterocycles. The van der Waals surface area contributed by atoms with E-state index in [2.05, 4.69) is 0 Å². The summed E-state index contributed by atoms with van der Waals surface area (Å²) in [4.78, 5) is 12.0. The van der Waals surface area contributed by atoms with Gasteiger partial charge in [-0.05, 0) is 19.9 Å². The van der Waals surface area contributed by atoms with E-state index in [1.807, 2.05) is 32.9 Å². The van der Waals surface area contributed by atoms with Crippen molar-refractivity contribution in [2.75, 3.05) is 6.61 Å². The molecule has 3 rings (SSSR count). The molecule has 0 saturated carbocycles. The first-order valence-electron chi connectivity index (χ1n) is 6.00. The summed E-state index contributed by atoms with van der Waals surface area (Å²) in [5, 5.41) is 0. The monoisotopic (exact) mass is 232 g/mol. The zero-order chi connectivity index (χ0) is 12.2. The highest BCUT2D eigenvalue weighted by molar-refractivity contribution is 6.02. The van der Waals surface area contributed by atoms with Gasteiger partial charge < -0.3 is 9.47 Å². The molecule has 90 valence electrons. The molecule has 0 aromatic heterocycles. The number of hydrogen-bond donors (Lipinski definition) is 0. The average molecular weight is 232 g/mol. The highest BCUT2D eigenvalue weighted by Crippen LogP contribution is 2.45. The van der Waals surface area contributed by atoms with Crippen LogP contribution in [-0.2, 0) is 6.42 Å². The maximum atomic E-state index is 12.0. The van der Waals surface area contributed by atoms with Crippen LogP contribution in [0.15, 0.2) is 12.1 Å². The molecule has 3 nitrogen and oxygen atoms in total. The lowest BCUT2D eigenvalue weighted by Crippen LogP contribution is -2.27. The lowest BCUT2D eigenvalue weighted by atomic mass is 9.94. The number of Topliss-reactive ketones (excluding diaryl/α,β-unsaturated/α-hetero) is 1. The molecular formula is C14H16O3. The fourth-order valence-corrected chi connectivity index (χ4v) is 2.51. The second kappa shape index (κ2) is 3.25. The van der Waals surface area contributed by atoms with Gasteiger partial charge in [-0.25, -0.2) is 0 Å². The first-order chi connectivity index (χ1) is 7.98. The Kier molecular flexibility index (Phi) is 2.03. The van der Waals surface area contributed by atoms with E-state index in [0.717, 1.165) is 17.7 Å². The van der Waals surface area contributed by atoms with Gasteiger partial charge in [0.2, 0.25) is 0 Å². The molecule has 0 saturated heterocycles. The molecule has 3 heteroatoms. The molecule has 0 spiro atoms. The second-order valence-electron chi connectivity index (χ2n) is 5.55. The van der Waals surface area contributed by atoms with Crippen molar-refractivity contribution in [3.63, 3.8) is 0 Å². The third-order valence-electron chi connectivity index (χ3n) is 3.38. The highest BCUT2D eigenvalue weighted by Gasteiger charge is 2.37. The van der Waals surface area contributed by atoms with Crippen LogP contribution in [0, 0.1) is 5.92 Å². The maximum Gasteiger partial charge on any atom is 0.172 e. The number of carbonyl (C=O) groups is 1. The highest BCUT2D eigenvalue weighted by atomic mass is 16.5. The zero-order valence-corrected chi connectivity index (χ0v) is 10.4. The zero-order valence-electron chi connectivity index (χ0n) is 10.4. The molecule has 0 bridgehead atoms. The standard InChI is InChI=1S/C14H16O3/c1-8-7-16-13-10(11(8)15)5-4-9-6-14(2,3)17-12(9)13/h4-5,8H,6-7H2,1-3H3. The van der Waals surface area contributed by atoms with Crippen LogP contribution >= 0.6 is 0 Å². The topological polar surface area (TPSA) is 35.5 Å². The maximum absolute atomic E-state index is 12.0. The minimum absolute atomic E-state index is 0.0602. The summed E-state index contributed by atoms with van der Waals surface area (Å²) >= 11 is 0. The van der Waals surface area contributed by atoms with Gasteiger partial charge in [0.15, 0.2) is 17.3 Å². The molecular weight excluding hydrogens is 216 g/mol. The van der Waals surface area contributed by atoms with Gasteiger partial charge in [-0.15, -0.1) is 0 Å². The van der Waals surface area contributed by atoms with Crippen LogP contribution in [-0.4, -0.2) is 18.0 Å². The number of hydrogen-bond acceptors (Lipinski definition) is 3. The van der Waals surface area contributed by atoms with Crippen molar-refractivity contribution in [2.45, 2.75) is 32.8 Å². The minimum atomic E-state index is -0.201. The summed E-state index contributed by atoms with van der Waals surface area (Å²) in [6.45, 7) is 6.44. The molecule has 0 radical (unpaired) electrons. The molecule has 0 fully saturated rings. The van der Waals surface area contributed by atoms with Gasteiger partial charge in [0.1, 0.15) is 5.60 Å². The van der Waals surface area contributed by atoms with Crippen molar-refractivity contribution in [2.24, 2.45) is 5.92 Å². The van der Waals surface area contributed by atoms with Crippen LogP contribution in [0.4, 0.5) is 0 Å². The van der Waals surface area contributed by atoms with E-state index in [4.69, 9.17) is 9.47 Å². The predicted molar refractivity (Wildman–Crippen MR) is 63.8 cm³/mol. The number of ketones is 1. The van der Waals surface area contributed by atoms with Gasteiger partial charge in [0.05, 0.1) is 18.1 Å². The van der Waals surface area contributed by atoms with Crippen molar-refractivity contribution in [3.05, 3.63) is 23.3 Å². The molecule has 1 aromatic rings. The molecule has 0 N–H and O–H groups in total. The second-order valence-corrected chi connectivity index (χ2v) is 5.55. The largest absolute Gasteiger partial charge is 0.488 e. The molecule has 0 amide bonds. The van der Waals surface area contributed by atoms with E-state index in [1.165, 1.54) is 0 Å². The van der Waals surface area contributed by atoms with Crippen molar-refractivity contribution in [3.8, 4) is 11.5 Å². The van der Waals surface area contributed by atoms with Crippen LogP contribution in [0.3, 0.4) is 0 Å². The molecule has 0 aliphatic carbocycles. The van der Waals surface area contributed by atoms with Crippen LogP contribution in [0.1, 0.15) is 36.7 Å². The fraction of sp³-hybridized carbons (Fsp3) is 0.500. The SMILES string of the molecule is CC1COc2c(ccc3c2OC(C)(C)C3)C1=O. The summed E-state index contributed by atoms with van der Waals surface area (Å²) < 4.78 is 11.6. The Hall–Kier alpha value is -1.51. The number of carbonyl (C=O) groups excluding carboxylic acids is 1. The lowest BCUT2D eigenvalue weighted by Gasteiger charge is -2.24. The van der Waals surface area contributed by atoms with Crippen LogP contribution in [0.2, 0.25) is 0 Å². The van der Waals surface area contributed by atoms with Crippen molar-refractivity contribution in [1.82, 2.24) is 0 Å². The Morgan fingerprint density at radius 1 is 1.29 bits per heavy atom. The van der Waals surface area contributed by atoms with E-state index in [1.54, 1.807) is 0 Å². The van der Waals surface area contributed by atoms with E-state index in [-0.39, 0.29) is 17.3 Å². The number of fused-ring (bicyclic) bond motifs is 3. The third kappa shape index (κ3) is 1.53. The van der Waals surface area contributed by atoms with Crippen molar-refractivity contribution >= 4 is 5.78 Å². The summed E-state index contributed by atoms with van der Waals surface area (Å²) in [6.07, 6.45) is 0.864. The average Bonchev–Trinajstić information content (AvgIpc) is 2.57. The molecule has 1 atom stereocenters. The number of rotatable bonds is 0. The van der Waals surface area contributed by atoms with E-state index in [9.17, 15) is 4.79 Å². The van der Waals surface area contributed by atoms with Gasteiger partial charge in [0.25, 0.3) is 0 Å². The van der Waals surface area contributed by atoms with E-state index < -0.39 is 0 Å². The van der Waals surface area contributed by atoms with Crippen molar-refractivity contribution < 1.29 is 14.3 Å². The summed E-state index contributed by atoms with van der Waals surface area (Å²) in [6, 6.07) is 3.86. The normalized spacial score (nSPS) is 24.6. The molecule has 2 heterocycles. The Bertz CT molecular complexity index is 502. The Labute approximate surface area is 101 Å². The Balaban J connectivity index is 2.13. The van der Waals surface area contributed by atoms with E-state index in [0.29, 0.717) is 17.9 Å². The third-order valence-corrected chi connectivity index (χ3v) is 3.38. The molecule has 1 aromatic carbocycles. The smallest absolute Gasteiger partial charge is 0.172 e. The fourth-order valence-electron chi connectivity index (χ4n) is 2.51. The Morgan fingerprint density at radius 3 is 2.82 bits per heavy atom. The van der Waals surface area contributed by atoms with Gasteiger partial charge in [-0.2, -0.15) is 0 Å². The molecule has 1 unspecified atom stereocenters. The minimum Gasteiger partial charge on any atom is -0.488 e. The van der Waals surface area contributed by atoms with Gasteiger partial charge in [-0.1, -0.05) is 13.0 Å². The summed E-state index contributed by atoms with van der Waals surface area (Å²) in [5.41, 5.74) is 1.60. The van der Waals surface area contributed by atoms with E-state index >= 15 is 0 Å². The molecule has 17 heavy (non-hydrogen) atoms. The van der Waals surface area contributed by atoms with Crippen LogP contribution in [0.25, 0.3) is 0 Å². The summed E-state index contributed by atoms with van der Waals surface area (Å²) in [5.74, 6) is 1.52. The first-order valence-corrected chi connectivity index (χ1v) is 6.00. The predicted octanol–water partition coefficient (Wildman–Crippen LogP) is 2.61. The van der Waals surface area contributed by atoms with Crippen LogP contribution < -0.4 is 9.47 Å². The number of ether oxygens (including phenoxy) is 2. The Morgan fingerprint density at radius 2 is 2.06 bits per heavy atom. The summed E-state index contributed by atoms with van der Waals surface area (Å²) in [7, 11) is 0. The lowest BCUT2D eigenvalue weighted by molar-refractivity contribution is 0.0829. The quantitative estimate of drug-likeness (QED) is 0.689. The van der Waals surface area contributed by atoms with Gasteiger partial charge in [0, 0.05) is 12.0 Å². The first kappa shape index (κ1) is 10.6.